The Balaban J connectivity index is 1.61. The first kappa shape index (κ1) is 29.1. The first-order valence-electron chi connectivity index (χ1n) is 12.6. The summed E-state index contributed by atoms with van der Waals surface area (Å²) in [6.45, 7) is 0.374. The SMILES string of the molecule is Cc1cc(F)c(F)c(OCC(=O)[C@H](CC(=O)O)NC(=O)[C@@H]2CCCN(C(=O)C(=O)CC3CCCC3)C2)c1F. The number of benzene rings is 1. The number of rotatable bonds is 11. The van der Waals surface area contributed by atoms with Gasteiger partial charge in [-0.05, 0) is 37.3 Å². The summed E-state index contributed by atoms with van der Waals surface area (Å²) < 4.78 is 46.6. The molecular formula is C26H31F3N2O7. The van der Waals surface area contributed by atoms with Gasteiger partial charge in [0.15, 0.2) is 23.2 Å². The molecule has 208 valence electrons. The van der Waals surface area contributed by atoms with E-state index in [0.717, 1.165) is 25.7 Å². The van der Waals surface area contributed by atoms with Crippen LogP contribution in [0.2, 0.25) is 0 Å². The highest BCUT2D eigenvalue weighted by molar-refractivity contribution is 6.36. The predicted octanol–water partition coefficient (Wildman–Crippen LogP) is 2.71. The van der Waals surface area contributed by atoms with Crippen molar-refractivity contribution in [2.24, 2.45) is 11.8 Å². The average molecular weight is 541 g/mol. The van der Waals surface area contributed by atoms with Crippen LogP contribution in [0, 0.1) is 36.2 Å². The number of likely N-dealkylation sites (tertiary alicyclic amines) is 1. The number of carbonyl (C=O) groups is 5. The number of carbonyl (C=O) groups excluding carboxylic acids is 4. The minimum Gasteiger partial charge on any atom is -0.481 e. The number of nitrogens with one attached hydrogen (secondary N) is 1. The van der Waals surface area contributed by atoms with Gasteiger partial charge in [0.2, 0.25) is 17.5 Å². The van der Waals surface area contributed by atoms with E-state index in [-0.39, 0.29) is 24.4 Å². The van der Waals surface area contributed by atoms with E-state index in [4.69, 9.17) is 4.74 Å². The Morgan fingerprint density at radius 1 is 1.08 bits per heavy atom. The van der Waals surface area contributed by atoms with Crippen LogP contribution in [0.5, 0.6) is 5.75 Å². The topological polar surface area (TPSA) is 130 Å². The number of amides is 2. The number of hydrogen-bond donors (Lipinski definition) is 2. The molecule has 2 fully saturated rings. The molecule has 2 amide bonds. The van der Waals surface area contributed by atoms with Crippen LogP contribution in [0.25, 0.3) is 0 Å². The van der Waals surface area contributed by atoms with Crippen molar-refractivity contribution in [1.82, 2.24) is 10.2 Å². The summed E-state index contributed by atoms with van der Waals surface area (Å²) in [5.41, 5.74) is -0.264. The Morgan fingerprint density at radius 2 is 1.76 bits per heavy atom. The lowest BCUT2D eigenvalue weighted by Gasteiger charge is -2.32. The van der Waals surface area contributed by atoms with Gasteiger partial charge in [0.25, 0.3) is 5.91 Å². The maximum Gasteiger partial charge on any atom is 0.305 e. The van der Waals surface area contributed by atoms with Gasteiger partial charge in [0.1, 0.15) is 12.6 Å². The van der Waals surface area contributed by atoms with Crippen LogP contribution >= 0.6 is 0 Å². The number of ketones is 2. The summed E-state index contributed by atoms with van der Waals surface area (Å²) in [5.74, 6) is -10.3. The number of Topliss-reactive ketones (excluding diaryl/α,β-unsaturated/α-hetero) is 2. The summed E-state index contributed by atoms with van der Waals surface area (Å²) in [4.78, 5) is 63.2. The minimum absolute atomic E-state index is 0.0649. The molecule has 3 rings (SSSR count). The lowest BCUT2D eigenvalue weighted by Crippen LogP contribution is -2.51. The second-order valence-corrected chi connectivity index (χ2v) is 9.91. The van der Waals surface area contributed by atoms with Crippen LogP contribution < -0.4 is 10.1 Å². The van der Waals surface area contributed by atoms with Gasteiger partial charge < -0.3 is 20.1 Å². The van der Waals surface area contributed by atoms with E-state index in [2.05, 4.69) is 5.32 Å². The molecule has 0 bridgehead atoms. The zero-order chi connectivity index (χ0) is 28.0. The third-order valence-corrected chi connectivity index (χ3v) is 7.01. The molecule has 38 heavy (non-hydrogen) atoms. The second kappa shape index (κ2) is 12.9. The molecule has 2 N–H and O–H groups in total. The number of halogens is 3. The van der Waals surface area contributed by atoms with Gasteiger partial charge in [-0.1, -0.05) is 25.7 Å². The number of aryl methyl sites for hydroxylation is 1. The largest absolute Gasteiger partial charge is 0.481 e. The number of hydrogen-bond acceptors (Lipinski definition) is 6. The first-order chi connectivity index (χ1) is 18.0. The molecule has 1 saturated heterocycles. The molecule has 0 unspecified atom stereocenters. The van der Waals surface area contributed by atoms with Crippen molar-refractivity contribution in [2.45, 2.75) is 64.3 Å². The Hall–Kier alpha value is -3.44. The molecule has 1 aliphatic carbocycles. The predicted molar refractivity (Wildman–Crippen MR) is 127 cm³/mol. The van der Waals surface area contributed by atoms with Gasteiger partial charge in [-0.3, -0.25) is 24.0 Å². The fourth-order valence-electron chi connectivity index (χ4n) is 4.90. The van der Waals surface area contributed by atoms with Crippen molar-refractivity contribution in [2.75, 3.05) is 19.7 Å². The van der Waals surface area contributed by atoms with Crippen LogP contribution in [-0.2, 0) is 24.0 Å². The minimum atomic E-state index is -1.64. The number of piperidine rings is 1. The van der Waals surface area contributed by atoms with Gasteiger partial charge in [0.05, 0.1) is 12.3 Å². The van der Waals surface area contributed by atoms with Crippen molar-refractivity contribution in [3.63, 3.8) is 0 Å². The highest BCUT2D eigenvalue weighted by atomic mass is 19.2. The van der Waals surface area contributed by atoms with Crippen LogP contribution in [0.3, 0.4) is 0 Å². The Bertz CT molecular complexity index is 1080. The standard InChI is InChI=1S/C26H31F3N2O7/c1-14-9-17(27)23(29)24(22(14)28)38-13-20(33)18(11-21(34)35)30-25(36)16-7-4-8-31(12-16)26(37)19(32)10-15-5-2-3-6-15/h9,15-16,18H,2-8,10-13H2,1H3,(H,30,36)(H,34,35)/t16-,18+/m1/s1. The van der Waals surface area contributed by atoms with E-state index in [1.165, 1.54) is 11.8 Å². The molecule has 1 aromatic rings. The van der Waals surface area contributed by atoms with E-state index >= 15 is 0 Å². The van der Waals surface area contributed by atoms with E-state index in [0.29, 0.717) is 25.5 Å². The first-order valence-corrected chi connectivity index (χ1v) is 12.6. The molecule has 0 aromatic heterocycles. The molecule has 1 saturated carbocycles. The van der Waals surface area contributed by atoms with Crippen LogP contribution in [-0.4, -0.2) is 65.1 Å². The van der Waals surface area contributed by atoms with Crippen LogP contribution in [0.1, 0.15) is 56.9 Å². The quantitative estimate of drug-likeness (QED) is 0.326. The maximum absolute atomic E-state index is 14.2. The number of aliphatic carboxylic acids is 1. The van der Waals surface area contributed by atoms with Gasteiger partial charge in [-0.25, -0.2) is 8.78 Å². The summed E-state index contributed by atoms with van der Waals surface area (Å²) in [6, 6.07) is -0.983. The normalized spacial score (nSPS) is 18.6. The number of nitrogens with zero attached hydrogens (tertiary/aromatic N) is 1. The third-order valence-electron chi connectivity index (χ3n) is 7.01. The van der Waals surface area contributed by atoms with Gasteiger partial charge in [-0.15, -0.1) is 0 Å². The van der Waals surface area contributed by atoms with Crippen molar-refractivity contribution >= 4 is 29.4 Å². The Labute approximate surface area is 217 Å². The molecule has 1 aromatic carbocycles. The summed E-state index contributed by atoms with van der Waals surface area (Å²) in [7, 11) is 0. The molecular weight excluding hydrogens is 509 g/mol. The fraction of sp³-hybridized carbons (Fsp3) is 0.577. The van der Waals surface area contributed by atoms with Crippen LogP contribution in [0.15, 0.2) is 6.07 Å². The maximum atomic E-state index is 14.2. The second-order valence-electron chi connectivity index (χ2n) is 9.91. The van der Waals surface area contributed by atoms with Crippen molar-refractivity contribution in [1.29, 1.82) is 0 Å². The van der Waals surface area contributed by atoms with Gasteiger partial charge in [-0.2, -0.15) is 4.39 Å². The van der Waals surface area contributed by atoms with Gasteiger partial charge >= 0.3 is 5.97 Å². The molecule has 1 heterocycles. The van der Waals surface area contributed by atoms with Gasteiger partial charge in [0, 0.05) is 19.5 Å². The highest BCUT2D eigenvalue weighted by Crippen LogP contribution is 2.29. The van der Waals surface area contributed by atoms with E-state index in [9.17, 15) is 42.3 Å². The molecule has 2 aliphatic rings. The number of ether oxygens (including phenoxy) is 1. The fourth-order valence-corrected chi connectivity index (χ4v) is 4.90. The van der Waals surface area contributed by atoms with E-state index in [1.54, 1.807) is 0 Å². The number of carboxylic acids is 1. The van der Waals surface area contributed by atoms with E-state index < -0.39 is 77.5 Å². The molecule has 1 aliphatic heterocycles. The smallest absolute Gasteiger partial charge is 0.305 e. The van der Waals surface area contributed by atoms with Crippen molar-refractivity contribution < 1.29 is 47.0 Å². The summed E-state index contributed by atoms with van der Waals surface area (Å²) >= 11 is 0. The zero-order valence-corrected chi connectivity index (χ0v) is 21.1. The molecule has 2 atom stereocenters. The lowest BCUT2D eigenvalue weighted by molar-refractivity contribution is -0.147. The molecule has 0 spiro atoms. The van der Waals surface area contributed by atoms with Crippen LogP contribution in [0.4, 0.5) is 13.2 Å². The monoisotopic (exact) mass is 540 g/mol. The lowest BCUT2D eigenvalue weighted by atomic mass is 9.95. The average Bonchev–Trinajstić information content (AvgIpc) is 3.39. The summed E-state index contributed by atoms with van der Waals surface area (Å²) in [5, 5.41) is 11.5. The van der Waals surface area contributed by atoms with Crippen molar-refractivity contribution in [3.8, 4) is 5.75 Å². The number of carboxylic acid groups (broad SMARTS) is 1. The molecule has 9 nitrogen and oxygen atoms in total. The Morgan fingerprint density at radius 3 is 2.42 bits per heavy atom. The molecule has 0 radical (unpaired) electrons. The zero-order valence-electron chi connectivity index (χ0n) is 21.1. The highest BCUT2D eigenvalue weighted by Gasteiger charge is 2.34. The van der Waals surface area contributed by atoms with E-state index in [1.807, 2.05) is 0 Å². The molecule has 12 heteroatoms. The van der Waals surface area contributed by atoms with Crippen molar-refractivity contribution in [3.05, 3.63) is 29.1 Å². The third kappa shape index (κ3) is 7.32. The summed E-state index contributed by atoms with van der Waals surface area (Å²) in [6.07, 6.45) is 3.99. The Kier molecular flexibility index (Phi) is 9.87.